The molecule has 0 bridgehead atoms. The molecule has 0 radical (unpaired) electrons. The van der Waals surface area contributed by atoms with Crippen molar-refractivity contribution >= 4 is 35.6 Å². The maximum Gasteiger partial charge on any atom is 0.124 e. The van der Waals surface area contributed by atoms with Crippen molar-refractivity contribution in [2.75, 3.05) is 7.11 Å². The highest BCUT2D eigenvalue weighted by molar-refractivity contribution is 6.31. The van der Waals surface area contributed by atoms with E-state index in [2.05, 4.69) is 5.32 Å². The average Bonchev–Trinajstić information content (AvgIpc) is 2.69. The molecule has 0 fully saturated rings. The Labute approximate surface area is 182 Å². The summed E-state index contributed by atoms with van der Waals surface area (Å²) in [6.07, 6.45) is 0. The van der Waals surface area contributed by atoms with E-state index in [-0.39, 0.29) is 12.4 Å². The van der Waals surface area contributed by atoms with Gasteiger partial charge in [-0.3, -0.25) is 0 Å². The molecule has 3 rings (SSSR count). The predicted molar refractivity (Wildman–Crippen MR) is 118 cm³/mol. The molecular weight excluding hydrogens is 417 g/mol. The van der Waals surface area contributed by atoms with Crippen molar-refractivity contribution in [3.63, 3.8) is 0 Å². The Morgan fingerprint density at radius 3 is 2.32 bits per heavy atom. The minimum Gasteiger partial charge on any atom is -0.497 e. The van der Waals surface area contributed by atoms with E-state index in [9.17, 15) is 0 Å². The molecule has 0 saturated heterocycles. The van der Waals surface area contributed by atoms with Gasteiger partial charge in [-0.25, -0.2) is 0 Å². The SMILES string of the molecule is COc1ccc(CNCc2cc(Cl)ccc2OCc2ccccc2Cl)cc1.Cl. The second-order valence-corrected chi connectivity index (χ2v) is 6.93. The van der Waals surface area contributed by atoms with E-state index in [1.807, 2.05) is 66.7 Å². The third kappa shape index (κ3) is 6.32. The van der Waals surface area contributed by atoms with E-state index < -0.39 is 0 Å². The van der Waals surface area contributed by atoms with Crippen LogP contribution in [0.15, 0.2) is 66.7 Å². The lowest BCUT2D eigenvalue weighted by Gasteiger charge is -2.14. The molecular formula is C22H22Cl3NO2. The largest absolute Gasteiger partial charge is 0.497 e. The summed E-state index contributed by atoms with van der Waals surface area (Å²) in [4.78, 5) is 0. The van der Waals surface area contributed by atoms with Gasteiger partial charge in [0.05, 0.1) is 7.11 Å². The summed E-state index contributed by atoms with van der Waals surface area (Å²) in [5.41, 5.74) is 3.13. The van der Waals surface area contributed by atoms with Gasteiger partial charge in [-0.1, -0.05) is 53.5 Å². The number of rotatable bonds is 8. The van der Waals surface area contributed by atoms with Crippen molar-refractivity contribution in [1.82, 2.24) is 5.32 Å². The first-order valence-electron chi connectivity index (χ1n) is 8.64. The van der Waals surface area contributed by atoms with Crippen LogP contribution in [0.25, 0.3) is 0 Å². The fourth-order valence-electron chi connectivity index (χ4n) is 2.68. The smallest absolute Gasteiger partial charge is 0.124 e. The normalized spacial score (nSPS) is 10.2. The first-order chi connectivity index (χ1) is 13.2. The van der Waals surface area contributed by atoms with Crippen LogP contribution < -0.4 is 14.8 Å². The van der Waals surface area contributed by atoms with Crippen LogP contribution in [0.3, 0.4) is 0 Å². The molecule has 3 aromatic rings. The van der Waals surface area contributed by atoms with Crippen molar-refractivity contribution in [3.8, 4) is 11.5 Å². The Morgan fingerprint density at radius 2 is 1.61 bits per heavy atom. The summed E-state index contributed by atoms with van der Waals surface area (Å²) in [6.45, 7) is 1.79. The summed E-state index contributed by atoms with van der Waals surface area (Å²) in [5, 5.41) is 4.81. The second-order valence-electron chi connectivity index (χ2n) is 6.08. The molecule has 28 heavy (non-hydrogen) atoms. The van der Waals surface area contributed by atoms with Gasteiger partial charge in [0, 0.05) is 34.3 Å². The van der Waals surface area contributed by atoms with Crippen LogP contribution in [0, 0.1) is 0 Å². The molecule has 0 saturated carbocycles. The van der Waals surface area contributed by atoms with Gasteiger partial charge in [-0.15, -0.1) is 12.4 Å². The molecule has 0 heterocycles. The minimum absolute atomic E-state index is 0. The highest BCUT2D eigenvalue weighted by atomic mass is 35.5. The Kier molecular flexibility index (Phi) is 8.94. The van der Waals surface area contributed by atoms with Gasteiger partial charge < -0.3 is 14.8 Å². The van der Waals surface area contributed by atoms with Crippen molar-refractivity contribution in [3.05, 3.63) is 93.5 Å². The van der Waals surface area contributed by atoms with Crippen LogP contribution in [0.1, 0.15) is 16.7 Å². The second kappa shape index (κ2) is 11.2. The summed E-state index contributed by atoms with van der Waals surface area (Å²) in [7, 11) is 1.66. The Balaban J connectivity index is 0.00000280. The van der Waals surface area contributed by atoms with Gasteiger partial charge in [0.25, 0.3) is 0 Å². The number of methoxy groups -OCH3 is 1. The number of ether oxygens (including phenoxy) is 2. The Bertz CT molecular complexity index is 885. The van der Waals surface area contributed by atoms with Crippen LogP contribution in [0.5, 0.6) is 11.5 Å². The summed E-state index contributed by atoms with van der Waals surface area (Å²) < 4.78 is 11.2. The zero-order chi connectivity index (χ0) is 19.1. The van der Waals surface area contributed by atoms with E-state index in [0.717, 1.165) is 29.2 Å². The van der Waals surface area contributed by atoms with Gasteiger partial charge in [-0.05, 0) is 42.0 Å². The lowest BCUT2D eigenvalue weighted by atomic mass is 10.1. The lowest BCUT2D eigenvalue weighted by molar-refractivity contribution is 0.302. The fourth-order valence-corrected chi connectivity index (χ4v) is 3.07. The van der Waals surface area contributed by atoms with Crippen molar-refractivity contribution < 1.29 is 9.47 Å². The van der Waals surface area contributed by atoms with Crippen LogP contribution in [-0.2, 0) is 19.7 Å². The first-order valence-corrected chi connectivity index (χ1v) is 9.39. The molecule has 3 nitrogen and oxygen atoms in total. The van der Waals surface area contributed by atoms with Gasteiger partial charge in [-0.2, -0.15) is 0 Å². The van der Waals surface area contributed by atoms with E-state index in [1.54, 1.807) is 7.11 Å². The fraction of sp³-hybridized carbons (Fsp3) is 0.182. The number of halogens is 3. The van der Waals surface area contributed by atoms with E-state index in [1.165, 1.54) is 5.56 Å². The van der Waals surface area contributed by atoms with E-state index in [0.29, 0.717) is 23.2 Å². The summed E-state index contributed by atoms with van der Waals surface area (Å²) in [6, 6.07) is 21.3. The number of hydrogen-bond donors (Lipinski definition) is 1. The number of nitrogens with one attached hydrogen (secondary N) is 1. The van der Waals surface area contributed by atoms with Crippen molar-refractivity contribution in [2.45, 2.75) is 19.7 Å². The highest BCUT2D eigenvalue weighted by Gasteiger charge is 2.07. The maximum absolute atomic E-state index is 6.21. The Morgan fingerprint density at radius 1 is 0.857 bits per heavy atom. The molecule has 148 valence electrons. The maximum atomic E-state index is 6.21. The first kappa shape index (κ1) is 22.4. The molecule has 3 aromatic carbocycles. The van der Waals surface area contributed by atoms with Crippen LogP contribution in [0.4, 0.5) is 0 Å². The molecule has 0 amide bonds. The predicted octanol–water partition coefficient (Wildman–Crippen LogP) is 6.29. The van der Waals surface area contributed by atoms with Crippen LogP contribution in [0.2, 0.25) is 10.0 Å². The van der Waals surface area contributed by atoms with Crippen LogP contribution >= 0.6 is 35.6 Å². The molecule has 1 N–H and O–H groups in total. The molecule has 0 aromatic heterocycles. The monoisotopic (exact) mass is 437 g/mol. The molecule has 0 aliphatic rings. The molecule has 6 heteroatoms. The average molecular weight is 439 g/mol. The minimum atomic E-state index is 0. The summed E-state index contributed by atoms with van der Waals surface area (Å²) in [5.74, 6) is 1.64. The van der Waals surface area contributed by atoms with Gasteiger partial charge in [0.15, 0.2) is 0 Å². The van der Waals surface area contributed by atoms with E-state index >= 15 is 0 Å². The molecule has 0 spiro atoms. The Hall–Kier alpha value is -1.91. The summed E-state index contributed by atoms with van der Waals surface area (Å²) >= 11 is 12.4. The molecule has 0 aliphatic carbocycles. The van der Waals surface area contributed by atoms with E-state index in [4.69, 9.17) is 32.7 Å². The van der Waals surface area contributed by atoms with Crippen LogP contribution in [-0.4, -0.2) is 7.11 Å². The number of hydrogen-bond acceptors (Lipinski definition) is 3. The molecule has 0 aliphatic heterocycles. The van der Waals surface area contributed by atoms with Gasteiger partial charge >= 0.3 is 0 Å². The third-order valence-electron chi connectivity index (χ3n) is 4.17. The number of benzene rings is 3. The zero-order valence-electron chi connectivity index (χ0n) is 15.5. The topological polar surface area (TPSA) is 30.5 Å². The molecule has 0 atom stereocenters. The lowest BCUT2D eigenvalue weighted by Crippen LogP contribution is -2.13. The standard InChI is InChI=1S/C22H21Cl2NO2.ClH/c1-26-20-9-6-16(7-10-20)13-25-14-18-12-19(23)8-11-22(18)27-15-17-4-2-3-5-21(17)24;/h2-12,25H,13-15H2,1H3;1H. The zero-order valence-corrected chi connectivity index (χ0v) is 17.8. The molecule has 0 unspecified atom stereocenters. The van der Waals surface area contributed by atoms with Gasteiger partial charge in [0.2, 0.25) is 0 Å². The van der Waals surface area contributed by atoms with Crippen molar-refractivity contribution in [2.24, 2.45) is 0 Å². The van der Waals surface area contributed by atoms with Gasteiger partial charge in [0.1, 0.15) is 18.1 Å². The third-order valence-corrected chi connectivity index (χ3v) is 4.77. The quantitative estimate of drug-likeness (QED) is 0.448. The van der Waals surface area contributed by atoms with Crippen molar-refractivity contribution in [1.29, 1.82) is 0 Å². The highest BCUT2D eigenvalue weighted by Crippen LogP contribution is 2.25.